The van der Waals surface area contributed by atoms with Crippen LogP contribution in [0.1, 0.15) is 6.42 Å². The summed E-state index contributed by atoms with van der Waals surface area (Å²) in [6, 6.07) is 6.90. The molecule has 0 aliphatic carbocycles. The Labute approximate surface area is 136 Å². The van der Waals surface area contributed by atoms with Gasteiger partial charge < -0.3 is 20.1 Å². The maximum Gasteiger partial charge on any atom is 0.314 e. The summed E-state index contributed by atoms with van der Waals surface area (Å²) in [7, 11) is -1.32. The average Bonchev–Trinajstić information content (AvgIpc) is 2.89. The molecular formula is C15H22N2O5S. The van der Waals surface area contributed by atoms with Crippen molar-refractivity contribution in [1.82, 2.24) is 10.6 Å². The van der Waals surface area contributed by atoms with Crippen LogP contribution in [0.4, 0.5) is 4.79 Å². The second-order valence-electron chi connectivity index (χ2n) is 5.43. The Morgan fingerprint density at radius 1 is 1.30 bits per heavy atom. The Bertz CT molecular complexity index is 633. The zero-order chi connectivity index (χ0) is 16.7. The molecule has 1 aliphatic rings. The molecule has 7 nitrogen and oxygen atoms in total. The number of urea groups is 1. The Balaban J connectivity index is 1.59. The second kappa shape index (κ2) is 8.05. The van der Waals surface area contributed by atoms with Gasteiger partial charge in [-0.2, -0.15) is 0 Å². The van der Waals surface area contributed by atoms with Crippen LogP contribution in [0.15, 0.2) is 24.3 Å². The normalized spacial score (nSPS) is 19.1. The highest BCUT2D eigenvalue weighted by atomic mass is 32.2. The molecule has 23 heavy (non-hydrogen) atoms. The van der Waals surface area contributed by atoms with Gasteiger partial charge in [0.15, 0.2) is 9.84 Å². The number of carbonyl (C=O) groups excluding carboxylic acids is 1. The summed E-state index contributed by atoms with van der Waals surface area (Å²) in [5, 5.41) is 5.36. The third-order valence-electron chi connectivity index (χ3n) is 3.58. The zero-order valence-electron chi connectivity index (χ0n) is 13.1. The molecule has 0 radical (unpaired) electrons. The lowest BCUT2D eigenvalue weighted by atomic mass is 10.1. The van der Waals surface area contributed by atoms with Gasteiger partial charge in [0.05, 0.1) is 25.2 Å². The molecule has 128 valence electrons. The molecule has 0 saturated carbocycles. The monoisotopic (exact) mass is 342 g/mol. The Hall–Kier alpha value is -1.96. The minimum Gasteiger partial charge on any atom is -0.497 e. The van der Waals surface area contributed by atoms with E-state index in [-0.39, 0.29) is 23.5 Å². The SMILES string of the molecule is COc1cccc(OCCNC(=O)NC[C@H]2CCS(=O)(=O)C2)c1. The standard InChI is InChI=1S/C15H22N2O5S/c1-21-13-3-2-4-14(9-13)22-7-6-16-15(18)17-10-12-5-8-23(19,20)11-12/h2-4,9,12H,5-8,10-11H2,1H3,(H2,16,17,18)/t12-/m1/s1. The summed E-state index contributed by atoms with van der Waals surface area (Å²) in [6.45, 7) is 1.06. The maximum absolute atomic E-state index is 11.6. The number of hydrogen-bond donors (Lipinski definition) is 2. The smallest absolute Gasteiger partial charge is 0.314 e. The number of benzene rings is 1. The second-order valence-corrected chi connectivity index (χ2v) is 7.66. The molecule has 1 aromatic carbocycles. The van der Waals surface area contributed by atoms with Gasteiger partial charge in [0.2, 0.25) is 0 Å². The molecule has 8 heteroatoms. The van der Waals surface area contributed by atoms with E-state index in [9.17, 15) is 13.2 Å². The van der Waals surface area contributed by atoms with Gasteiger partial charge in [-0.15, -0.1) is 0 Å². The van der Waals surface area contributed by atoms with Crippen LogP contribution >= 0.6 is 0 Å². The van der Waals surface area contributed by atoms with Gasteiger partial charge in [0.25, 0.3) is 0 Å². The van der Waals surface area contributed by atoms with E-state index in [1.807, 2.05) is 18.2 Å². The van der Waals surface area contributed by atoms with E-state index in [1.165, 1.54) is 0 Å². The number of hydrogen-bond acceptors (Lipinski definition) is 5. The van der Waals surface area contributed by atoms with Crippen LogP contribution in [0.5, 0.6) is 11.5 Å². The van der Waals surface area contributed by atoms with Crippen molar-refractivity contribution in [2.24, 2.45) is 5.92 Å². The van der Waals surface area contributed by atoms with E-state index in [0.717, 1.165) is 0 Å². The zero-order valence-corrected chi connectivity index (χ0v) is 13.9. The van der Waals surface area contributed by atoms with E-state index < -0.39 is 9.84 Å². The van der Waals surface area contributed by atoms with Crippen LogP contribution in [0, 0.1) is 5.92 Å². The number of nitrogens with one attached hydrogen (secondary N) is 2. The quantitative estimate of drug-likeness (QED) is 0.715. The van der Waals surface area contributed by atoms with Crippen molar-refractivity contribution in [1.29, 1.82) is 0 Å². The third kappa shape index (κ3) is 5.97. The van der Waals surface area contributed by atoms with Crippen LogP contribution in [0.2, 0.25) is 0 Å². The first-order chi connectivity index (χ1) is 11.0. The number of ether oxygens (including phenoxy) is 2. The highest BCUT2D eigenvalue weighted by Gasteiger charge is 2.27. The lowest BCUT2D eigenvalue weighted by Gasteiger charge is -2.11. The Morgan fingerprint density at radius 2 is 2.09 bits per heavy atom. The van der Waals surface area contributed by atoms with Crippen molar-refractivity contribution < 1.29 is 22.7 Å². The highest BCUT2D eigenvalue weighted by Crippen LogP contribution is 2.18. The topological polar surface area (TPSA) is 93.7 Å². The molecule has 2 rings (SSSR count). The van der Waals surface area contributed by atoms with Crippen molar-refractivity contribution in [3.05, 3.63) is 24.3 Å². The number of amides is 2. The van der Waals surface area contributed by atoms with E-state index in [0.29, 0.717) is 37.6 Å². The molecule has 1 heterocycles. The molecule has 2 N–H and O–H groups in total. The number of methoxy groups -OCH3 is 1. The van der Waals surface area contributed by atoms with Gasteiger partial charge in [-0.05, 0) is 24.5 Å². The molecule has 0 unspecified atom stereocenters. The first-order valence-electron chi connectivity index (χ1n) is 7.47. The largest absolute Gasteiger partial charge is 0.497 e. The lowest BCUT2D eigenvalue weighted by Crippen LogP contribution is -2.40. The van der Waals surface area contributed by atoms with Crippen molar-refractivity contribution in [3.63, 3.8) is 0 Å². The van der Waals surface area contributed by atoms with E-state index >= 15 is 0 Å². The van der Waals surface area contributed by atoms with Crippen molar-refractivity contribution in [2.45, 2.75) is 6.42 Å². The fourth-order valence-corrected chi connectivity index (χ4v) is 4.22. The fraction of sp³-hybridized carbons (Fsp3) is 0.533. The third-order valence-corrected chi connectivity index (χ3v) is 5.41. The Kier molecular flexibility index (Phi) is 6.09. The predicted molar refractivity (Wildman–Crippen MR) is 86.7 cm³/mol. The van der Waals surface area contributed by atoms with Gasteiger partial charge in [0.1, 0.15) is 18.1 Å². The van der Waals surface area contributed by atoms with Crippen molar-refractivity contribution in [2.75, 3.05) is 38.3 Å². The minimum absolute atomic E-state index is 0.0128. The van der Waals surface area contributed by atoms with Crippen LogP contribution < -0.4 is 20.1 Å². The Morgan fingerprint density at radius 3 is 2.78 bits per heavy atom. The first-order valence-corrected chi connectivity index (χ1v) is 9.29. The van der Waals surface area contributed by atoms with Crippen molar-refractivity contribution in [3.8, 4) is 11.5 Å². The summed E-state index contributed by atoms with van der Waals surface area (Å²) < 4.78 is 33.2. The number of rotatable bonds is 7. The molecule has 1 atom stereocenters. The van der Waals surface area contributed by atoms with Crippen LogP contribution in [0.3, 0.4) is 0 Å². The highest BCUT2D eigenvalue weighted by molar-refractivity contribution is 7.91. The first kappa shape index (κ1) is 17.4. The fourth-order valence-electron chi connectivity index (χ4n) is 2.36. The molecule has 1 fully saturated rings. The van der Waals surface area contributed by atoms with E-state index in [4.69, 9.17) is 9.47 Å². The molecule has 1 aliphatic heterocycles. The molecule has 1 aromatic rings. The molecular weight excluding hydrogens is 320 g/mol. The van der Waals surface area contributed by atoms with Gasteiger partial charge in [-0.25, -0.2) is 13.2 Å². The van der Waals surface area contributed by atoms with Gasteiger partial charge >= 0.3 is 6.03 Å². The summed E-state index contributed by atoms with van der Waals surface area (Å²) in [5.74, 6) is 1.77. The molecule has 2 amide bonds. The average molecular weight is 342 g/mol. The number of sulfone groups is 1. The molecule has 0 spiro atoms. The summed E-state index contributed by atoms with van der Waals surface area (Å²) >= 11 is 0. The summed E-state index contributed by atoms with van der Waals surface area (Å²) in [6.07, 6.45) is 0.613. The minimum atomic E-state index is -2.90. The van der Waals surface area contributed by atoms with Crippen LogP contribution in [0.25, 0.3) is 0 Å². The van der Waals surface area contributed by atoms with Crippen LogP contribution in [-0.2, 0) is 9.84 Å². The summed E-state index contributed by atoms with van der Waals surface area (Å²) in [4.78, 5) is 11.6. The lowest BCUT2D eigenvalue weighted by molar-refractivity contribution is 0.235. The van der Waals surface area contributed by atoms with E-state index in [1.54, 1.807) is 13.2 Å². The number of carbonyl (C=O) groups is 1. The van der Waals surface area contributed by atoms with Gasteiger partial charge in [0, 0.05) is 12.6 Å². The summed E-state index contributed by atoms with van der Waals surface area (Å²) in [5.41, 5.74) is 0. The maximum atomic E-state index is 11.6. The molecule has 1 saturated heterocycles. The predicted octanol–water partition coefficient (Wildman–Crippen LogP) is 0.808. The molecule has 0 aromatic heterocycles. The van der Waals surface area contributed by atoms with Crippen LogP contribution in [-0.4, -0.2) is 52.8 Å². The molecule has 0 bridgehead atoms. The van der Waals surface area contributed by atoms with Gasteiger partial charge in [-0.1, -0.05) is 6.07 Å². The van der Waals surface area contributed by atoms with E-state index in [2.05, 4.69) is 10.6 Å². The van der Waals surface area contributed by atoms with Gasteiger partial charge in [-0.3, -0.25) is 0 Å². The van der Waals surface area contributed by atoms with Crippen molar-refractivity contribution >= 4 is 15.9 Å².